The minimum Gasteiger partial charge on any atom is -0.383 e. The maximum Gasteiger partial charge on any atom is 0.254 e. The van der Waals surface area contributed by atoms with Crippen LogP contribution in [0.2, 0.25) is 0 Å². The molecule has 1 fully saturated rings. The quantitative estimate of drug-likeness (QED) is 0.856. The van der Waals surface area contributed by atoms with Crippen molar-refractivity contribution in [2.45, 2.75) is 38.2 Å². The van der Waals surface area contributed by atoms with E-state index in [-0.39, 0.29) is 17.5 Å². The van der Waals surface area contributed by atoms with Gasteiger partial charge < -0.3 is 16.2 Å². The molecule has 0 spiro atoms. The Morgan fingerprint density at radius 1 is 1.42 bits per heavy atom. The smallest absolute Gasteiger partial charge is 0.254 e. The Morgan fingerprint density at radius 2 is 2.11 bits per heavy atom. The van der Waals surface area contributed by atoms with Gasteiger partial charge in [0.2, 0.25) is 0 Å². The summed E-state index contributed by atoms with van der Waals surface area (Å²) in [5.41, 5.74) is 11.1. The molecule has 1 aromatic heterocycles. The van der Waals surface area contributed by atoms with Gasteiger partial charge in [-0.1, -0.05) is 19.3 Å². The molecule has 1 heterocycles. The van der Waals surface area contributed by atoms with E-state index in [1.807, 2.05) is 0 Å². The largest absolute Gasteiger partial charge is 0.383 e. The number of ether oxygens (including phenoxy) is 1. The fourth-order valence-corrected chi connectivity index (χ4v) is 2.68. The molecule has 104 valence electrons. The zero-order valence-corrected chi connectivity index (χ0v) is 11.1. The Labute approximate surface area is 112 Å². The van der Waals surface area contributed by atoms with Gasteiger partial charge in [0, 0.05) is 13.3 Å². The fourth-order valence-electron chi connectivity index (χ4n) is 2.68. The van der Waals surface area contributed by atoms with Gasteiger partial charge in [0.25, 0.3) is 5.91 Å². The molecule has 0 bridgehead atoms. The van der Waals surface area contributed by atoms with Crippen LogP contribution in [0.15, 0.2) is 6.20 Å². The van der Waals surface area contributed by atoms with Gasteiger partial charge in [-0.25, -0.2) is 9.97 Å². The van der Waals surface area contributed by atoms with Gasteiger partial charge in [0.1, 0.15) is 11.9 Å². The first-order valence-electron chi connectivity index (χ1n) is 6.58. The maximum absolute atomic E-state index is 11.1. The second-order valence-electron chi connectivity index (χ2n) is 4.95. The van der Waals surface area contributed by atoms with E-state index in [0.717, 1.165) is 12.8 Å². The summed E-state index contributed by atoms with van der Waals surface area (Å²) in [6, 6.07) is 0. The number of rotatable bonds is 4. The topological polar surface area (TPSA) is 104 Å². The van der Waals surface area contributed by atoms with Crippen molar-refractivity contribution in [1.82, 2.24) is 9.97 Å². The number of primary amides is 1. The van der Waals surface area contributed by atoms with Crippen LogP contribution in [0.25, 0.3) is 0 Å². The molecule has 0 saturated heterocycles. The molecule has 0 aromatic carbocycles. The molecule has 1 saturated carbocycles. The highest BCUT2D eigenvalue weighted by Crippen LogP contribution is 2.35. The third kappa shape index (κ3) is 3.01. The lowest BCUT2D eigenvalue weighted by Crippen LogP contribution is -2.22. The predicted molar refractivity (Wildman–Crippen MR) is 71.3 cm³/mol. The number of aromatic nitrogens is 2. The third-order valence-electron chi connectivity index (χ3n) is 3.69. The second-order valence-corrected chi connectivity index (χ2v) is 4.95. The van der Waals surface area contributed by atoms with E-state index in [0.29, 0.717) is 11.7 Å². The van der Waals surface area contributed by atoms with E-state index in [2.05, 4.69) is 9.97 Å². The van der Waals surface area contributed by atoms with Gasteiger partial charge in [0.15, 0.2) is 5.82 Å². The van der Waals surface area contributed by atoms with Crippen LogP contribution in [-0.2, 0) is 4.74 Å². The monoisotopic (exact) mass is 264 g/mol. The van der Waals surface area contributed by atoms with E-state index in [1.165, 1.54) is 25.5 Å². The van der Waals surface area contributed by atoms with Crippen molar-refractivity contribution >= 4 is 11.7 Å². The number of anilines is 1. The number of nitrogens with zero attached hydrogens (tertiary/aromatic N) is 2. The lowest BCUT2D eigenvalue weighted by molar-refractivity contribution is 0.0290. The zero-order chi connectivity index (χ0) is 13.8. The first-order valence-corrected chi connectivity index (χ1v) is 6.58. The Hall–Kier alpha value is -1.69. The average Bonchev–Trinajstić information content (AvgIpc) is 2.40. The molecule has 0 radical (unpaired) electrons. The zero-order valence-electron chi connectivity index (χ0n) is 11.1. The molecule has 1 unspecified atom stereocenters. The third-order valence-corrected chi connectivity index (χ3v) is 3.69. The molecular formula is C13H20N4O2. The summed E-state index contributed by atoms with van der Waals surface area (Å²) in [5, 5.41) is 0. The lowest BCUT2D eigenvalue weighted by atomic mass is 9.85. The summed E-state index contributed by atoms with van der Waals surface area (Å²) >= 11 is 0. The first-order chi connectivity index (χ1) is 9.13. The second kappa shape index (κ2) is 5.97. The first kappa shape index (κ1) is 13.7. The van der Waals surface area contributed by atoms with Crippen molar-refractivity contribution in [3.05, 3.63) is 17.6 Å². The van der Waals surface area contributed by atoms with Gasteiger partial charge in [-0.15, -0.1) is 0 Å². The maximum atomic E-state index is 11.1. The lowest BCUT2D eigenvalue weighted by Gasteiger charge is -2.28. The van der Waals surface area contributed by atoms with Crippen molar-refractivity contribution in [3.63, 3.8) is 0 Å². The Balaban J connectivity index is 2.23. The van der Waals surface area contributed by atoms with Crippen LogP contribution >= 0.6 is 0 Å². The van der Waals surface area contributed by atoms with Crippen molar-refractivity contribution < 1.29 is 9.53 Å². The summed E-state index contributed by atoms with van der Waals surface area (Å²) in [4.78, 5) is 19.5. The molecular weight excluding hydrogens is 244 g/mol. The van der Waals surface area contributed by atoms with E-state index in [4.69, 9.17) is 16.2 Å². The number of hydrogen-bond acceptors (Lipinski definition) is 5. The van der Waals surface area contributed by atoms with Crippen LogP contribution in [-0.4, -0.2) is 23.0 Å². The Morgan fingerprint density at radius 3 is 2.63 bits per heavy atom. The molecule has 2 rings (SSSR count). The van der Waals surface area contributed by atoms with Gasteiger partial charge in [-0.3, -0.25) is 4.79 Å². The summed E-state index contributed by atoms with van der Waals surface area (Å²) in [5.74, 6) is 0.459. The Bertz CT molecular complexity index is 458. The molecule has 0 aliphatic heterocycles. The summed E-state index contributed by atoms with van der Waals surface area (Å²) < 4.78 is 5.53. The average molecular weight is 264 g/mol. The molecule has 4 N–H and O–H groups in total. The SMILES string of the molecule is COC(c1ncc(C(N)=O)c(N)n1)C1CCCCC1. The number of carbonyl (C=O) groups is 1. The molecule has 19 heavy (non-hydrogen) atoms. The van der Waals surface area contributed by atoms with Gasteiger partial charge in [0.05, 0.1) is 5.56 Å². The van der Waals surface area contributed by atoms with Gasteiger partial charge in [-0.2, -0.15) is 0 Å². The number of nitrogens with two attached hydrogens (primary N) is 2. The number of nitrogen functional groups attached to an aromatic ring is 1. The number of amides is 1. The highest BCUT2D eigenvalue weighted by molar-refractivity contribution is 5.96. The molecule has 1 amide bonds. The normalized spacial score (nSPS) is 18.2. The van der Waals surface area contributed by atoms with E-state index in [1.54, 1.807) is 7.11 Å². The van der Waals surface area contributed by atoms with Crippen LogP contribution in [0.5, 0.6) is 0 Å². The molecule has 1 aliphatic carbocycles. The van der Waals surface area contributed by atoms with Crippen LogP contribution < -0.4 is 11.5 Å². The van der Waals surface area contributed by atoms with Gasteiger partial charge >= 0.3 is 0 Å². The van der Waals surface area contributed by atoms with Crippen molar-refractivity contribution in [2.24, 2.45) is 11.7 Å². The predicted octanol–water partition coefficient (Wildman–Crippen LogP) is 1.43. The van der Waals surface area contributed by atoms with Crippen LogP contribution in [0.1, 0.15) is 54.4 Å². The molecule has 6 heteroatoms. The van der Waals surface area contributed by atoms with Crippen molar-refractivity contribution in [3.8, 4) is 0 Å². The molecule has 1 aliphatic rings. The minimum absolute atomic E-state index is 0.121. The number of carbonyl (C=O) groups excluding carboxylic acids is 1. The fraction of sp³-hybridized carbons (Fsp3) is 0.615. The summed E-state index contributed by atoms with van der Waals surface area (Å²) in [6.07, 6.45) is 7.13. The van der Waals surface area contributed by atoms with Crippen LogP contribution in [0.4, 0.5) is 5.82 Å². The van der Waals surface area contributed by atoms with E-state index < -0.39 is 5.91 Å². The van der Waals surface area contributed by atoms with Crippen molar-refractivity contribution in [1.29, 1.82) is 0 Å². The number of hydrogen-bond donors (Lipinski definition) is 2. The van der Waals surface area contributed by atoms with Crippen molar-refractivity contribution in [2.75, 3.05) is 12.8 Å². The Kier molecular flexibility index (Phi) is 4.31. The minimum atomic E-state index is -0.615. The molecule has 6 nitrogen and oxygen atoms in total. The van der Waals surface area contributed by atoms with Crippen LogP contribution in [0, 0.1) is 5.92 Å². The van der Waals surface area contributed by atoms with E-state index >= 15 is 0 Å². The van der Waals surface area contributed by atoms with Gasteiger partial charge in [-0.05, 0) is 18.8 Å². The van der Waals surface area contributed by atoms with Crippen LogP contribution in [0.3, 0.4) is 0 Å². The van der Waals surface area contributed by atoms with E-state index in [9.17, 15) is 4.79 Å². The molecule has 1 aromatic rings. The highest BCUT2D eigenvalue weighted by atomic mass is 16.5. The summed E-state index contributed by atoms with van der Waals surface area (Å²) in [6.45, 7) is 0. The molecule has 1 atom stereocenters. The summed E-state index contributed by atoms with van der Waals surface area (Å²) in [7, 11) is 1.65. The standard InChI is InChI=1S/C13H20N4O2/c1-19-10(8-5-3-2-4-6-8)13-16-7-9(12(15)18)11(14)17-13/h7-8,10H,2-6H2,1H3,(H2,15,18)(H2,14,16,17). The highest BCUT2D eigenvalue weighted by Gasteiger charge is 2.27. The number of methoxy groups -OCH3 is 1.